The molecule has 0 radical (unpaired) electrons. The highest BCUT2D eigenvalue weighted by Crippen LogP contribution is 2.29. The second kappa shape index (κ2) is 7.44. The van der Waals surface area contributed by atoms with Crippen molar-refractivity contribution >= 4 is 5.91 Å². The van der Waals surface area contributed by atoms with Gasteiger partial charge in [-0.2, -0.15) is 0 Å². The number of amides is 1. The second-order valence-corrected chi connectivity index (χ2v) is 6.69. The highest BCUT2D eigenvalue weighted by molar-refractivity contribution is 5.79. The van der Waals surface area contributed by atoms with Crippen LogP contribution in [0.2, 0.25) is 0 Å². The normalized spacial score (nSPS) is 22.5. The van der Waals surface area contributed by atoms with Crippen LogP contribution in [0.3, 0.4) is 0 Å². The lowest BCUT2D eigenvalue weighted by atomic mass is 9.82. The zero-order valence-electron chi connectivity index (χ0n) is 13.7. The lowest BCUT2D eigenvalue weighted by Crippen LogP contribution is -2.37. The summed E-state index contributed by atoms with van der Waals surface area (Å²) < 4.78 is 2.01. The van der Waals surface area contributed by atoms with Crippen LogP contribution in [-0.4, -0.2) is 15.5 Å². The Bertz CT molecular complexity index is 601. The van der Waals surface area contributed by atoms with Gasteiger partial charge in [-0.15, -0.1) is 0 Å². The predicted molar refractivity (Wildman–Crippen MR) is 90.7 cm³/mol. The summed E-state index contributed by atoms with van der Waals surface area (Å²) in [4.78, 5) is 16.8. The van der Waals surface area contributed by atoms with Crippen molar-refractivity contribution in [2.24, 2.45) is 11.8 Å². The van der Waals surface area contributed by atoms with Gasteiger partial charge in [-0.1, -0.05) is 37.3 Å². The van der Waals surface area contributed by atoms with Crippen molar-refractivity contribution in [2.45, 2.75) is 45.2 Å². The Labute approximate surface area is 137 Å². The maximum Gasteiger partial charge on any atom is 0.223 e. The summed E-state index contributed by atoms with van der Waals surface area (Å²) in [5.74, 6) is 1.13. The number of nitrogens with one attached hydrogen (secondary N) is 1. The third-order valence-corrected chi connectivity index (χ3v) is 4.86. The molecule has 0 saturated heterocycles. The molecule has 1 fully saturated rings. The SMILES string of the molecule is CC1CCC(C(=O)N[C@@H](Cn2ccnc2)c2ccccc2)CC1. The van der Waals surface area contributed by atoms with Gasteiger partial charge >= 0.3 is 0 Å². The van der Waals surface area contributed by atoms with E-state index in [0.29, 0.717) is 6.54 Å². The molecule has 3 rings (SSSR count). The minimum atomic E-state index is -0.0164. The van der Waals surface area contributed by atoms with Crippen LogP contribution < -0.4 is 5.32 Å². The van der Waals surface area contributed by atoms with Crippen molar-refractivity contribution < 1.29 is 4.79 Å². The molecule has 1 amide bonds. The quantitative estimate of drug-likeness (QED) is 0.917. The Morgan fingerprint density at radius 2 is 2.00 bits per heavy atom. The molecule has 1 N–H and O–H groups in total. The van der Waals surface area contributed by atoms with Crippen LogP contribution >= 0.6 is 0 Å². The predicted octanol–water partition coefficient (Wildman–Crippen LogP) is 3.57. The Morgan fingerprint density at radius 1 is 1.26 bits per heavy atom. The molecule has 1 atom stereocenters. The number of hydrogen-bond acceptors (Lipinski definition) is 2. The second-order valence-electron chi connectivity index (χ2n) is 6.69. The number of benzene rings is 1. The molecule has 1 aliphatic rings. The van der Waals surface area contributed by atoms with Crippen LogP contribution in [0.15, 0.2) is 49.1 Å². The molecule has 1 heterocycles. The number of hydrogen-bond donors (Lipinski definition) is 1. The van der Waals surface area contributed by atoms with Crippen molar-refractivity contribution in [3.8, 4) is 0 Å². The zero-order chi connectivity index (χ0) is 16.1. The molecule has 0 unspecified atom stereocenters. The fourth-order valence-electron chi connectivity index (χ4n) is 3.34. The molecule has 4 nitrogen and oxygen atoms in total. The van der Waals surface area contributed by atoms with Crippen LogP contribution in [0, 0.1) is 11.8 Å². The molecule has 2 aromatic rings. The first-order valence-electron chi connectivity index (χ1n) is 8.53. The minimum Gasteiger partial charge on any atom is -0.347 e. The number of carbonyl (C=O) groups is 1. The van der Waals surface area contributed by atoms with E-state index in [-0.39, 0.29) is 17.9 Å². The third-order valence-electron chi connectivity index (χ3n) is 4.86. The average Bonchev–Trinajstić information content (AvgIpc) is 3.09. The number of nitrogens with zero attached hydrogens (tertiary/aromatic N) is 2. The van der Waals surface area contributed by atoms with Crippen LogP contribution in [0.5, 0.6) is 0 Å². The van der Waals surface area contributed by atoms with Gasteiger partial charge in [0.25, 0.3) is 0 Å². The van der Waals surface area contributed by atoms with Crippen LogP contribution in [0.1, 0.15) is 44.2 Å². The van der Waals surface area contributed by atoms with Gasteiger partial charge in [-0.05, 0) is 37.2 Å². The van der Waals surface area contributed by atoms with E-state index in [2.05, 4.69) is 29.4 Å². The number of rotatable bonds is 5. The van der Waals surface area contributed by atoms with E-state index in [4.69, 9.17) is 0 Å². The Morgan fingerprint density at radius 3 is 2.65 bits per heavy atom. The van der Waals surface area contributed by atoms with E-state index in [1.54, 1.807) is 12.5 Å². The molecule has 0 bridgehead atoms. The van der Waals surface area contributed by atoms with Crippen molar-refractivity contribution in [3.63, 3.8) is 0 Å². The molecule has 0 spiro atoms. The monoisotopic (exact) mass is 311 g/mol. The summed E-state index contributed by atoms with van der Waals surface area (Å²) >= 11 is 0. The molecule has 122 valence electrons. The minimum absolute atomic E-state index is 0.0164. The van der Waals surface area contributed by atoms with Crippen molar-refractivity contribution in [1.29, 1.82) is 0 Å². The molecular weight excluding hydrogens is 286 g/mol. The molecule has 23 heavy (non-hydrogen) atoms. The molecule has 1 aliphatic carbocycles. The maximum atomic E-state index is 12.7. The third kappa shape index (κ3) is 4.21. The van der Waals surface area contributed by atoms with E-state index in [1.807, 2.05) is 29.0 Å². The van der Waals surface area contributed by atoms with E-state index in [9.17, 15) is 4.79 Å². The van der Waals surface area contributed by atoms with Gasteiger partial charge in [0, 0.05) is 24.9 Å². The molecule has 0 aliphatic heterocycles. The van der Waals surface area contributed by atoms with Crippen LogP contribution in [-0.2, 0) is 11.3 Å². The van der Waals surface area contributed by atoms with Gasteiger partial charge in [0.2, 0.25) is 5.91 Å². The highest BCUT2D eigenvalue weighted by Gasteiger charge is 2.26. The van der Waals surface area contributed by atoms with Gasteiger partial charge < -0.3 is 9.88 Å². The Hall–Kier alpha value is -2.10. The molecule has 1 aromatic carbocycles. The fraction of sp³-hybridized carbons (Fsp3) is 0.474. The molecule has 1 saturated carbocycles. The van der Waals surface area contributed by atoms with Crippen molar-refractivity contribution in [1.82, 2.24) is 14.9 Å². The zero-order valence-corrected chi connectivity index (χ0v) is 13.7. The Balaban J connectivity index is 1.69. The molecule has 1 aromatic heterocycles. The number of aromatic nitrogens is 2. The van der Waals surface area contributed by atoms with Gasteiger partial charge in [-0.3, -0.25) is 4.79 Å². The summed E-state index contributed by atoms with van der Waals surface area (Å²) in [7, 11) is 0. The van der Waals surface area contributed by atoms with Gasteiger partial charge in [0.05, 0.1) is 12.4 Å². The van der Waals surface area contributed by atoms with Crippen molar-refractivity contribution in [3.05, 3.63) is 54.6 Å². The lowest BCUT2D eigenvalue weighted by Gasteiger charge is -2.28. The average molecular weight is 311 g/mol. The standard InChI is InChI=1S/C19H25N3O/c1-15-7-9-17(10-8-15)19(23)21-18(13-22-12-11-20-14-22)16-5-3-2-4-6-16/h2-6,11-12,14-15,17-18H,7-10,13H2,1H3,(H,21,23)/t15?,17?,18-/m0/s1. The van der Waals surface area contributed by atoms with Gasteiger partial charge in [-0.25, -0.2) is 4.98 Å². The topological polar surface area (TPSA) is 46.9 Å². The van der Waals surface area contributed by atoms with Gasteiger partial charge in [0.1, 0.15) is 0 Å². The summed E-state index contributed by atoms with van der Waals surface area (Å²) in [6.07, 6.45) is 9.85. The first-order chi connectivity index (χ1) is 11.2. The first-order valence-corrected chi connectivity index (χ1v) is 8.53. The summed E-state index contributed by atoms with van der Waals surface area (Å²) in [6, 6.07) is 10.2. The Kier molecular flexibility index (Phi) is 5.11. The fourth-order valence-corrected chi connectivity index (χ4v) is 3.34. The largest absolute Gasteiger partial charge is 0.347 e. The maximum absolute atomic E-state index is 12.7. The van der Waals surface area contributed by atoms with E-state index >= 15 is 0 Å². The number of carbonyl (C=O) groups excluding carboxylic acids is 1. The molecular formula is C19H25N3O. The summed E-state index contributed by atoms with van der Waals surface area (Å²) in [5, 5.41) is 3.27. The van der Waals surface area contributed by atoms with E-state index in [0.717, 1.165) is 37.2 Å². The lowest BCUT2D eigenvalue weighted by molar-refractivity contribution is -0.127. The van der Waals surface area contributed by atoms with Crippen LogP contribution in [0.4, 0.5) is 0 Å². The number of imidazole rings is 1. The highest BCUT2D eigenvalue weighted by atomic mass is 16.1. The van der Waals surface area contributed by atoms with E-state index < -0.39 is 0 Å². The summed E-state index contributed by atoms with van der Waals surface area (Å²) in [5.41, 5.74) is 1.14. The van der Waals surface area contributed by atoms with Gasteiger partial charge in [0.15, 0.2) is 0 Å². The smallest absolute Gasteiger partial charge is 0.223 e. The summed E-state index contributed by atoms with van der Waals surface area (Å²) in [6.45, 7) is 2.98. The first kappa shape index (κ1) is 15.8. The molecule has 4 heteroatoms. The van der Waals surface area contributed by atoms with E-state index in [1.165, 1.54) is 0 Å². The van der Waals surface area contributed by atoms with Crippen LogP contribution in [0.25, 0.3) is 0 Å². The van der Waals surface area contributed by atoms with Crippen molar-refractivity contribution in [2.75, 3.05) is 0 Å².